The molecule has 4 aromatic rings. The third-order valence-electron chi connectivity index (χ3n) is 4.23. The normalized spacial score (nSPS) is 11.4. The molecule has 0 aliphatic carbocycles. The van der Waals surface area contributed by atoms with Gasteiger partial charge in [0.2, 0.25) is 0 Å². The number of aromatic nitrogens is 5. The molecule has 0 bridgehead atoms. The van der Waals surface area contributed by atoms with E-state index in [1.54, 1.807) is 15.3 Å². The fraction of sp³-hybridized carbons (Fsp3) is 0.176. The molecule has 0 unspecified atom stereocenters. The van der Waals surface area contributed by atoms with Crippen LogP contribution in [0.25, 0.3) is 22.4 Å². The zero-order valence-electron chi connectivity index (χ0n) is 13.1. The molecule has 4 rings (SSSR count). The van der Waals surface area contributed by atoms with E-state index in [9.17, 15) is 4.79 Å². The number of nitrogens with zero attached hydrogens (tertiary/aromatic N) is 5. The molecular weight excluding hydrogens is 290 g/mol. The molecule has 1 aromatic carbocycles. The Morgan fingerprint density at radius 3 is 2.65 bits per heavy atom. The molecule has 0 N–H and O–H groups in total. The van der Waals surface area contributed by atoms with Crippen molar-refractivity contribution >= 4 is 16.7 Å². The van der Waals surface area contributed by atoms with Crippen molar-refractivity contribution in [3.05, 3.63) is 64.0 Å². The maximum Gasteiger partial charge on any atom is 0.266 e. The van der Waals surface area contributed by atoms with Gasteiger partial charge in [-0.15, -0.1) is 0 Å². The van der Waals surface area contributed by atoms with Crippen molar-refractivity contribution in [2.24, 2.45) is 0 Å². The summed E-state index contributed by atoms with van der Waals surface area (Å²) >= 11 is 0. The van der Waals surface area contributed by atoms with Crippen LogP contribution in [-0.4, -0.2) is 24.1 Å². The largest absolute Gasteiger partial charge is 0.284 e. The van der Waals surface area contributed by atoms with Gasteiger partial charge in [0.25, 0.3) is 11.3 Å². The van der Waals surface area contributed by atoms with E-state index >= 15 is 0 Å². The van der Waals surface area contributed by atoms with Crippen LogP contribution >= 0.6 is 0 Å². The molecule has 0 aliphatic heterocycles. The van der Waals surface area contributed by atoms with E-state index in [0.29, 0.717) is 16.9 Å². The summed E-state index contributed by atoms with van der Waals surface area (Å²) in [6.45, 7) is 5.91. The molecule has 114 valence electrons. The fourth-order valence-corrected chi connectivity index (χ4v) is 2.81. The van der Waals surface area contributed by atoms with Crippen LogP contribution in [0.2, 0.25) is 0 Å². The maximum absolute atomic E-state index is 13.0. The molecule has 0 atom stereocenters. The predicted molar refractivity (Wildman–Crippen MR) is 88.1 cm³/mol. The number of pyridine rings is 1. The smallest absolute Gasteiger partial charge is 0.266 e. The summed E-state index contributed by atoms with van der Waals surface area (Å²) in [5.74, 6) is 0.498. The van der Waals surface area contributed by atoms with Gasteiger partial charge in [-0.1, -0.05) is 6.07 Å². The van der Waals surface area contributed by atoms with Crippen molar-refractivity contribution in [2.75, 3.05) is 0 Å². The Morgan fingerprint density at radius 1 is 1.04 bits per heavy atom. The van der Waals surface area contributed by atoms with Gasteiger partial charge in [-0.25, -0.2) is 4.98 Å². The first-order chi connectivity index (χ1) is 11.1. The molecule has 0 saturated heterocycles. The first kappa shape index (κ1) is 13.6. The van der Waals surface area contributed by atoms with Gasteiger partial charge >= 0.3 is 0 Å². The highest BCUT2D eigenvalue weighted by Gasteiger charge is 2.13. The van der Waals surface area contributed by atoms with Gasteiger partial charge < -0.3 is 0 Å². The van der Waals surface area contributed by atoms with Gasteiger partial charge in [0.05, 0.1) is 16.6 Å². The van der Waals surface area contributed by atoms with Gasteiger partial charge in [-0.05, 0) is 50.1 Å². The number of aryl methyl sites for hydroxylation is 3. The summed E-state index contributed by atoms with van der Waals surface area (Å²) < 4.78 is 3.24. The van der Waals surface area contributed by atoms with E-state index in [4.69, 9.17) is 0 Å². The van der Waals surface area contributed by atoms with E-state index in [1.165, 1.54) is 11.9 Å². The minimum Gasteiger partial charge on any atom is -0.284 e. The van der Waals surface area contributed by atoms with Crippen LogP contribution < -0.4 is 5.56 Å². The van der Waals surface area contributed by atoms with Gasteiger partial charge in [0.15, 0.2) is 0 Å². The van der Waals surface area contributed by atoms with Crippen LogP contribution in [-0.2, 0) is 0 Å². The van der Waals surface area contributed by atoms with Gasteiger partial charge in [-0.2, -0.15) is 14.6 Å². The average Bonchev–Trinajstić information content (AvgIpc) is 2.98. The molecule has 0 spiro atoms. The first-order valence-corrected chi connectivity index (χ1v) is 7.35. The van der Waals surface area contributed by atoms with Crippen molar-refractivity contribution in [1.82, 2.24) is 24.1 Å². The average molecular weight is 305 g/mol. The molecule has 0 aliphatic rings. The van der Waals surface area contributed by atoms with E-state index in [0.717, 1.165) is 16.8 Å². The number of fused-ring (bicyclic) bond motifs is 3. The highest BCUT2D eigenvalue weighted by atomic mass is 16.1. The third kappa shape index (κ3) is 1.95. The molecule has 0 amide bonds. The summed E-state index contributed by atoms with van der Waals surface area (Å²) in [4.78, 5) is 21.4. The molecule has 3 heterocycles. The van der Waals surface area contributed by atoms with E-state index in [-0.39, 0.29) is 5.56 Å². The Balaban J connectivity index is 2.08. The van der Waals surface area contributed by atoms with Crippen molar-refractivity contribution < 1.29 is 0 Å². The second-order valence-electron chi connectivity index (χ2n) is 5.69. The standard InChI is InChI=1S/C17H15N5O/c1-10-4-5-13(8-11(10)2)21-7-6-14-15(16(21)23)12(3)20-17-18-9-19-22(14)17/h4-9H,1-3H3. The lowest BCUT2D eigenvalue weighted by atomic mass is 10.1. The summed E-state index contributed by atoms with van der Waals surface area (Å²) in [5, 5.41) is 4.71. The van der Waals surface area contributed by atoms with Crippen molar-refractivity contribution in [2.45, 2.75) is 20.8 Å². The quantitative estimate of drug-likeness (QED) is 0.541. The zero-order valence-corrected chi connectivity index (χ0v) is 13.1. The number of hydrogen-bond acceptors (Lipinski definition) is 4. The lowest BCUT2D eigenvalue weighted by Gasteiger charge is -2.11. The summed E-state index contributed by atoms with van der Waals surface area (Å²) in [6.07, 6.45) is 3.21. The van der Waals surface area contributed by atoms with Crippen LogP contribution in [0.4, 0.5) is 0 Å². The molecule has 3 aromatic heterocycles. The lowest BCUT2D eigenvalue weighted by molar-refractivity contribution is 0.948. The Kier molecular flexibility index (Phi) is 2.81. The zero-order chi connectivity index (χ0) is 16.1. The van der Waals surface area contributed by atoms with Gasteiger partial charge in [0.1, 0.15) is 6.33 Å². The molecular formula is C17H15N5O. The van der Waals surface area contributed by atoms with Crippen LogP contribution in [0.3, 0.4) is 0 Å². The van der Waals surface area contributed by atoms with E-state index in [1.807, 2.05) is 38.1 Å². The topological polar surface area (TPSA) is 65.1 Å². The van der Waals surface area contributed by atoms with Crippen molar-refractivity contribution in [3.8, 4) is 5.69 Å². The minimum absolute atomic E-state index is 0.104. The molecule has 6 heteroatoms. The van der Waals surface area contributed by atoms with Crippen molar-refractivity contribution in [3.63, 3.8) is 0 Å². The maximum atomic E-state index is 13.0. The van der Waals surface area contributed by atoms with Crippen LogP contribution in [0.15, 0.2) is 41.6 Å². The second kappa shape index (κ2) is 4.74. The second-order valence-corrected chi connectivity index (χ2v) is 5.69. The highest BCUT2D eigenvalue weighted by molar-refractivity contribution is 5.82. The Morgan fingerprint density at radius 2 is 1.87 bits per heavy atom. The highest BCUT2D eigenvalue weighted by Crippen LogP contribution is 2.17. The number of hydrogen-bond donors (Lipinski definition) is 0. The van der Waals surface area contributed by atoms with Gasteiger partial charge in [0, 0.05) is 11.9 Å². The Labute approximate surface area is 132 Å². The Hall–Kier alpha value is -3.02. The first-order valence-electron chi connectivity index (χ1n) is 7.35. The Bertz CT molecular complexity index is 1120. The van der Waals surface area contributed by atoms with Gasteiger partial charge in [-0.3, -0.25) is 9.36 Å². The van der Waals surface area contributed by atoms with E-state index < -0.39 is 0 Å². The van der Waals surface area contributed by atoms with Crippen LogP contribution in [0, 0.1) is 20.8 Å². The van der Waals surface area contributed by atoms with Crippen molar-refractivity contribution in [1.29, 1.82) is 0 Å². The van der Waals surface area contributed by atoms with Crippen LogP contribution in [0.1, 0.15) is 16.8 Å². The lowest BCUT2D eigenvalue weighted by Crippen LogP contribution is -2.20. The summed E-state index contributed by atoms with van der Waals surface area (Å²) in [6, 6.07) is 7.86. The monoisotopic (exact) mass is 305 g/mol. The molecule has 23 heavy (non-hydrogen) atoms. The molecule has 0 fully saturated rings. The molecule has 0 saturated carbocycles. The molecule has 0 radical (unpaired) electrons. The summed E-state index contributed by atoms with van der Waals surface area (Å²) in [7, 11) is 0. The van der Waals surface area contributed by atoms with E-state index in [2.05, 4.69) is 22.0 Å². The van der Waals surface area contributed by atoms with Crippen LogP contribution in [0.5, 0.6) is 0 Å². The summed E-state index contributed by atoms with van der Waals surface area (Å²) in [5.41, 5.74) is 4.46. The SMILES string of the molecule is Cc1ccc(-n2ccc3c(c(C)nc4ncnn43)c2=O)cc1C. The number of rotatable bonds is 1. The predicted octanol–water partition coefficient (Wildman–Crippen LogP) is 2.35. The minimum atomic E-state index is -0.104. The molecule has 6 nitrogen and oxygen atoms in total. The number of benzene rings is 1. The third-order valence-corrected chi connectivity index (χ3v) is 4.23. The fourth-order valence-electron chi connectivity index (χ4n) is 2.81.